The first kappa shape index (κ1) is 11.2. The van der Waals surface area contributed by atoms with E-state index in [0.717, 1.165) is 26.2 Å². The van der Waals surface area contributed by atoms with Crippen molar-refractivity contribution in [1.29, 1.82) is 0 Å². The molecule has 2 aliphatic heterocycles. The Morgan fingerprint density at radius 3 is 2.33 bits per heavy atom. The van der Waals surface area contributed by atoms with E-state index in [1.165, 1.54) is 0 Å². The van der Waals surface area contributed by atoms with E-state index >= 15 is 0 Å². The molecule has 0 bridgehead atoms. The summed E-state index contributed by atoms with van der Waals surface area (Å²) in [5.74, 6) is 1.24. The largest absolute Gasteiger partial charge is 0.522 e. The second-order valence-electron chi connectivity index (χ2n) is 4.23. The molecule has 15 heavy (non-hydrogen) atoms. The fourth-order valence-electron chi connectivity index (χ4n) is 2.43. The van der Waals surface area contributed by atoms with Crippen molar-refractivity contribution in [1.82, 2.24) is 10.2 Å². The number of nitrogens with one attached hydrogen (secondary N) is 1. The third-order valence-corrected chi connectivity index (χ3v) is 3.14. The number of rotatable bonds is 3. The lowest BCUT2D eigenvalue weighted by Gasteiger charge is -2.17. The van der Waals surface area contributed by atoms with Crippen molar-refractivity contribution < 1.29 is 17.9 Å². The van der Waals surface area contributed by atoms with Gasteiger partial charge in [0.15, 0.2) is 0 Å². The number of alkyl halides is 3. The predicted molar refractivity (Wildman–Crippen MR) is 48.3 cm³/mol. The van der Waals surface area contributed by atoms with Crippen molar-refractivity contribution in [2.45, 2.75) is 6.36 Å². The van der Waals surface area contributed by atoms with E-state index in [1.807, 2.05) is 0 Å². The highest BCUT2D eigenvalue weighted by molar-refractivity contribution is 4.90. The molecule has 0 unspecified atom stereocenters. The van der Waals surface area contributed by atoms with Crippen LogP contribution in [0.25, 0.3) is 0 Å². The van der Waals surface area contributed by atoms with Gasteiger partial charge >= 0.3 is 6.36 Å². The van der Waals surface area contributed by atoms with Crippen molar-refractivity contribution in [2.24, 2.45) is 11.8 Å². The van der Waals surface area contributed by atoms with Crippen LogP contribution in [-0.4, -0.2) is 50.6 Å². The molecule has 0 spiro atoms. The number of nitrogens with zero attached hydrogens (tertiary/aromatic N) is 1. The highest BCUT2D eigenvalue weighted by Gasteiger charge is 2.36. The van der Waals surface area contributed by atoms with E-state index in [2.05, 4.69) is 15.0 Å². The molecular weight excluding hydrogens is 209 g/mol. The molecular formula is C9H15F3N2O. The Morgan fingerprint density at radius 2 is 1.80 bits per heavy atom. The zero-order valence-corrected chi connectivity index (χ0v) is 8.39. The van der Waals surface area contributed by atoms with Gasteiger partial charge < -0.3 is 10.2 Å². The lowest BCUT2D eigenvalue weighted by atomic mass is 10.0. The molecule has 0 aliphatic carbocycles. The topological polar surface area (TPSA) is 24.5 Å². The minimum atomic E-state index is -4.49. The summed E-state index contributed by atoms with van der Waals surface area (Å²) >= 11 is 0. The number of halogens is 3. The minimum Gasteiger partial charge on any atom is -0.316 e. The zero-order chi connectivity index (χ0) is 10.9. The molecule has 3 nitrogen and oxygen atoms in total. The molecule has 0 aromatic rings. The van der Waals surface area contributed by atoms with Gasteiger partial charge in [-0.3, -0.25) is 4.74 Å². The van der Waals surface area contributed by atoms with Crippen molar-refractivity contribution in [2.75, 3.05) is 39.3 Å². The van der Waals surface area contributed by atoms with E-state index in [1.54, 1.807) is 0 Å². The summed E-state index contributed by atoms with van der Waals surface area (Å²) in [4.78, 5) is 2.06. The Labute approximate surface area is 86.6 Å². The van der Waals surface area contributed by atoms with Gasteiger partial charge in [-0.1, -0.05) is 0 Å². The fourth-order valence-corrected chi connectivity index (χ4v) is 2.43. The quantitative estimate of drug-likeness (QED) is 0.762. The normalized spacial score (nSPS) is 32.2. The first-order valence-corrected chi connectivity index (χ1v) is 5.18. The maximum Gasteiger partial charge on any atom is 0.522 e. The summed E-state index contributed by atoms with van der Waals surface area (Å²) in [6, 6.07) is 0. The van der Waals surface area contributed by atoms with E-state index in [-0.39, 0.29) is 6.61 Å². The van der Waals surface area contributed by atoms with Crippen LogP contribution in [0, 0.1) is 11.8 Å². The molecule has 0 aromatic carbocycles. The highest BCUT2D eigenvalue weighted by atomic mass is 19.4. The molecule has 0 saturated carbocycles. The molecule has 2 atom stereocenters. The number of hydrogen-bond acceptors (Lipinski definition) is 3. The molecule has 2 fully saturated rings. The highest BCUT2D eigenvalue weighted by Crippen LogP contribution is 2.26. The molecule has 88 valence electrons. The summed E-state index contributed by atoms with van der Waals surface area (Å²) < 4.78 is 38.9. The molecule has 0 amide bonds. The van der Waals surface area contributed by atoms with Crippen LogP contribution in [0.3, 0.4) is 0 Å². The Hall–Kier alpha value is -0.330. The van der Waals surface area contributed by atoms with Gasteiger partial charge in [0.25, 0.3) is 0 Å². The van der Waals surface area contributed by atoms with Gasteiger partial charge in [0.2, 0.25) is 0 Å². The van der Waals surface area contributed by atoms with E-state index in [9.17, 15) is 13.2 Å². The van der Waals surface area contributed by atoms with Crippen LogP contribution in [0.1, 0.15) is 0 Å². The summed E-state index contributed by atoms with van der Waals surface area (Å²) in [6.07, 6.45) is -4.49. The van der Waals surface area contributed by atoms with Crippen molar-refractivity contribution in [3.05, 3.63) is 0 Å². The first-order valence-electron chi connectivity index (χ1n) is 5.18. The zero-order valence-electron chi connectivity index (χ0n) is 8.39. The standard InChI is InChI=1S/C9H15F3N2O/c10-9(11,12)15-2-1-14-5-7-3-13-4-8(7)6-14/h7-8,13H,1-6H2/t7-,8+. The SMILES string of the molecule is FC(F)(F)OCCN1C[C@H]2CNC[C@H]2C1. The van der Waals surface area contributed by atoms with Gasteiger partial charge in [-0.15, -0.1) is 13.2 Å². The van der Waals surface area contributed by atoms with Crippen LogP contribution >= 0.6 is 0 Å². The maximum atomic E-state index is 11.7. The van der Waals surface area contributed by atoms with Crippen LogP contribution in [0.5, 0.6) is 0 Å². The van der Waals surface area contributed by atoms with Gasteiger partial charge in [-0.2, -0.15) is 0 Å². The predicted octanol–water partition coefficient (Wildman–Crippen LogP) is 0.674. The van der Waals surface area contributed by atoms with Gasteiger partial charge in [-0.05, 0) is 24.9 Å². The first-order chi connectivity index (χ1) is 7.04. The van der Waals surface area contributed by atoms with Gasteiger partial charge in [-0.25, -0.2) is 0 Å². The van der Waals surface area contributed by atoms with Crippen LogP contribution in [0.2, 0.25) is 0 Å². The van der Waals surface area contributed by atoms with Crippen molar-refractivity contribution in [3.63, 3.8) is 0 Å². The number of fused-ring (bicyclic) bond motifs is 1. The van der Waals surface area contributed by atoms with E-state index in [0.29, 0.717) is 18.4 Å². The molecule has 6 heteroatoms. The maximum absolute atomic E-state index is 11.7. The molecule has 2 aliphatic rings. The van der Waals surface area contributed by atoms with Gasteiger partial charge in [0, 0.05) is 19.6 Å². The third-order valence-electron chi connectivity index (χ3n) is 3.14. The third kappa shape index (κ3) is 3.06. The van der Waals surface area contributed by atoms with E-state index < -0.39 is 6.36 Å². The number of hydrogen-bond donors (Lipinski definition) is 1. The Balaban J connectivity index is 1.65. The fraction of sp³-hybridized carbons (Fsp3) is 1.00. The minimum absolute atomic E-state index is 0.254. The lowest BCUT2D eigenvalue weighted by Crippen LogP contribution is -2.30. The summed E-state index contributed by atoms with van der Waals surface area (Å²) in [7, 11) is 0. The molecule has 2 rings (SSSR count). The van der Waals surface area contributed by atoms with Crippen LogP contribution in [0.15, 0.2) is 0 Å². The second-order valence-corrected chi connectivity index (χ2v) is 4.23. The lowest BCUT2D eigenvalue weighted by molar-refractivity contribution is -0.324. The molecule has 0 radical (unpaired) electrons. The Bertz CT molecular complexity index is 210. The number of ether oxygens (including phenoxy) is 1. The van der Waals surface area contributed by atoms with Gasteiger partial charge in [0.05, 0.1) is 6.61 Å². The Morgan fingerprint density at radius 1 is 1.20 bits per heavy atom. The van der Waals surface area contributed by atoms with Gasteiger partial charge in [0.1, 0.15) is 0 Å². The monoisotopic (exact) mass is 224 g/mol. The summed E-state index contributed by atoms with van der Waals surface area (Å²) in [6.45, 7) is 3.93. The smallest absolute Gasteiger partial charge is 0.316 e. The summed E-state index contributed by atoms with van der Waals surface area (Å²) in [5.41, 5.74) is 0. The molecule has 1 N–H and O–H groups in total. The van der Waals surface area contributed by atoms with Crippen LogP contribution in [-0.2, 0) is 4.74 Å². The van der Waals surface area contributed by atoms with E-state index in [4.69, 9.17) is 0 Å². The average Bonchev–Trinajstić information content (AvgIpc) is 2.60. The molecule has 2 saturated heterocycles. The summed E-state index contributed by atoms with van der Waals surface area (Å²) in [5, 5.41) is 3.29. The number of likely N-dealkylation sites (tertiary alicyclic amines) is 1. The van der Waals surface area contributed by atoms with Crippen LogP contribution in [0.4, 0.5) is 13.2 Å². The van der Waals surface area contributed by atoms with Crippen LogP contribution < -0.4 is 5.32 Å². The Kier molecular flexibility index (Phi) is 3.18. The van der Waals surface area contributed by atoms with Crippen molar-refractivity contribution >= 4 is 0 Å². The average molecular weight is 224 g/mol. The molecule has 0 aromatic heterocycles. The second kappa shape index (κ2) is 4.27. The molecule has 2 heterocycles. The van der Waals surface area contributed by atoms with Crippen molar-refractivity contribution in [3.8, 4) is 0 Å².